The summed E-state index contributed by atoms with van der Waals surface area (Å²) in [4.78, 5) is 9.28. The van der Waals surface area contributed by atoms with Gasteiger partial charge in [-0.05, 0) is 26.7 Å². The van der Waals surface area contributed by atoms with Crippen LogP contribution in [0.1, 0.15) is 69.9 Å². The second kappa shape index (κ2) is 6.67. The third-order valence-corrected chi connectivity index (χ3v) is 4.79. The fraction of sp³-hybridized carbons (Fsp3) is 0.706. The fourth-order valence-corrected chi connectivity index (χ4v) is 3.25. The van der Waals surface area contributed by atoms with Crippen molar-refractivity contribution in [3.8, 4) is 0 Å². The van der Waals surface area contributed by atoms with E-state index >= 15 is 0 Å². The van der Waals surface area contributed by atoms with Crippen molar-refractivity contribution in [3.63, 3.8) is 0 Å². The van der Waals surface area contributed by atoms with Crippen LogP contribution < -0.4 is 0 Å². The minimum absolute atomic E-state index is 0.0747. The third kappa shape index (κ3) is 4.16. The first-order valence-corrected chi connectivity index (χ1v) is 9.02. The average molecular weight is 337 g/mol. The molecule has 0 spiro atoms. The Kier molecular flexibility index (Phi) is 5.23. The molecule has 1 unspecified atom stereocenters. The van der Waals surface area contributed by atoms with E-state index in [1.165, 1.54) is 5.69 Å². The topological polar surface area (TPSA) is 56.7 Å². The Morgan fingerprint density at radius 3 is 2.30 bits per heavy atom. The lowest BCUT2D eigenvalue weighted by atomic mass is 9.96. The second-order valence-electron chi connectivity index (χ2n) is 7.54. The zero-order valence-electron chi connectivity index (χ0n) is 15.5. The van der Waals surface area contributed by atoms with Gasteiger partial charge in [0, 0.05) is 17.7 Å². The SMILES string of the molecule is Cc1nc(SC(C)c2nc(C(C)(C)C)no2)n(CC(C)C)c1C. The Morgan fingerprint density at radius 2 is 1.78 bits per heavy atom. The van der Waals surface area contributed by atoms with E-state index in [1.54, 1.807) is 11.8 Å². The molecule has 0 aliphatic carbocycles. The van der Waals surface area contributed by atoms with Gasteiger partial charge in [0.15, 0.2) is 11.0 Å². The van der Waals surface area contributed by atoms with Crippen LogP contribution in [-0.2, 0) is 12.0 Å². The number of hydrogen-bond donors (Lipinski definition) is 0. The Morgan fingerprint density at radius 1 is 1.13 bits per heavy atom. The van der Waals surface area contributed by atoms with Gasteiger partial charge in [0.1, 0.15) is 0 Å². The number of rotatable bonds is 5. The number of imidazole rings is 1. The Balaban J connectivity index is 2.22. The van der Waals surface area contributed by atoms with Gasteiger partial charge in [-0.25, -0.2) is 4.98 Å². The van der Waals surface area contributed by atoms with Gasteiger partial charge < -0.3 is 9.09 Å². The quantitative estimate of drug-likeness (QED) is 0.741. The van der Waals surface area contributed by atoms with Gasteiger partial charge in [-0.1, -0.05) is 51.5 Å². The predicted octanol–water partition coefficient (Wildman–Crippen LogP) is 4.69. The molecule has 6 heteroatoms. The van der Waals surface area contributed by atoms with Crippen molar-refractivity contribution in [3.05, 3.63) is 23.1 Å². The fourth-order valence-electron chi connectivity index (χ4n) is 2.21. The van der Waals surface area contributed by atoms with Crippen LogP contribution in [0.25, 0.3) is 0 Å². The molecule has 2 aromatic heterocycles. The first-order chi connectivity index (χ1) is 10.6. The summed E-state index contributed by atoms with van der Waals surface area (Å²) in [7, 11) is 0. The highest BCUT2D eigenvalue weighted by Gasteiger charge is 2.25. The largest absolute Gasteiger partial charge is 0.338 e. The molecule has 0 aliphatic heterocycles. The Labute approximate surface area is 143 Å². The van der Waals surface area contributed by atoms with Crippen molar-refractivity contribution < 1.29 is 4.52 Å². The lowest BCUT2D eigenvalue weighted by Gasteiger charge is -2.14. The maximum Gasteiger partial charge on any atom is 0.239 e. The number of aryl methyl sites for hydroxylation is 1. The van der Waals surface area contributed by atoms with Crippen LogP contribution in [0, 0.1) is 19.8 Å². The van der Waals surface area contributed by atoms with Crippen LogP contribution in [0.5, 0.6) is 0 Å². The zero-order chi connectivity index (χ0) is 17.4. The maximum absolute atomic E-state index is 5.46. The molecule has 2 aromatic rings. The molecule has 0 saturated heterocycles. The van der Waals surface area contributed by atoms with Gasteiger partial charge in [-0.3, -0.25) is 0 Å². The van der Waals surface area contributed by atoms with Crippen LogP contribution in [0.15, 0.2) is 9.68 Å². The molecule has 0 bridgehead atoms. The van der Waals surface area contributed by atoms with Crippen LogP contribution >= 0.6 is 11.8 Å². The number of nitrogens with zero attached hydrogens (tertiary/aromatic N) is 4. The van der Waals surface area contributed by atoms with E-state index in [-0.39, 0.29) is 10.7 Å². The molecule has 2 heterocycles. The first-order valence-electron chi connectivity index (χ1n) is 8.14. The van der Waals surface area contributed by atoms with E-state index in [2.05, 4.69) is 70.1 Å². The van der Waals surface area contributed by atoms with Crippen molar-refractivity contribution in [2.45, 2.75) is 77.8 Å². The molecular formula is C17H28N4OS. The number of hydrogen-bond acceptors (Lipinski definition) is 5. The predicted molar refractivity (Wildman–Crippen MR) is 93.8 cm³/mol. The van der Waals surface area contributed by atoms with Crippen molar-refractivity contribution in [1.29, 1.82) is 0 Å². The molecule has 0 aromatic carbocycles. The smallest absolute Gasteiger partial charge is 0.239 e. The summed E-state index contributed by atoms with van der Waals surface area (Å²) in [6, 6.07) is 0. The summed E-state index contributed by atoms with van der Waals surface area (Å²) in [6.45, 7) is 17.9. The highest BCUT2D eigenvalue weighted by molar-refractivity contribution is 7.99. The van der Waals surface area contributed by atoms with E-state index in [1.807, 2.05) is 0 Å². The summed E-state index contributed by atoms with van der Waals surface area (Å²) >= 11 is 1.68. The molecule has 5 nitrogen and oxygen atoms in total. The Bertz CT molecular complexity index is 667. The molecule has 0 N–H and O–H groups in total. The van der Waals surface area contributed by atoms with Gasteiger partial charge in [-0.15, -0.1) is 0 Å². The van der Waals surface area contributed by atoms with E-state index in [9.17, 15) is 0 Å². The summed E-state index contributed by atoms with van der Waals surface area (Å²) in [5.74, 6) is 1.99. The molecule has 2 rings (SSSR count). The van der Waals surface area contributed by atoms with E-state index in [0.29, 0.717) is 11.8 Å². The second-order valence-corrected chi connectivity index (χ2v) is 8.84. The van der Waals surface area contributed by atoms with E-state index in [0.717, 1.165) is 23.2 Å². The Hall–Kier alpha value is -1.30. The minimum atomic E-state index is -0.102. The number of thioether (sulfide) groups is 1. The van der Waals surface area contributed by atoms with Crippen LogP contribution in [0.4, 0.5) is 0 Å². The summed E-state index contributed by atoms with van der Waals surface area (Å²) in [5, 5.41) is 5.22. The lowest BCUT2D eigenvalue weighted by Crippen LogP contribution is -2.13. The molecule has 0 amide bonds. The highest BCUT2D eigenvalue weighted by atomic mass is 32.2. The highest BCUT2D eigenvalue weighted by Crippen LogP contribution is 2.35. The third-order valence-electron chi connectivity index (χ3n) is 3.71. The first kappa shape index (κ1) is 18.0. The molecule has 23 heavy (non-hydrogen) atoms. The van der Waals surface area contributed by atoms with Gasteiger partial charge in [0.25, 0.3) is 0 Å². The summed E-state index contributed by atoms with van der Waals surface area (Å²) in [6.07, 6.45) is 0. The summed E-state index contributed by atoms with van der Waals surface area (Å²) in [5.41, 5.74) is 2.21. The van der Waals surface area contributed by atoms with Gasteiger partial charge >= 0.3 is 0 Å². The van der Waals surface area contributed by atoms with E-state index in [4.69, 9.17) is 9.51 Å². The molecule has 128 valence electrons. The summed E-state index contributed by atoms with van der Waals surface area (Å²) < 4.78 is 7.76. The van der Waals surface area contributed by atoms with Crippen LogP contribution in [0.2, 0.25) is 0 Å². The number of aromatic nitrogens is 4. The minimum Gasteiger partial charge on any atom is -0.338 e. The van der Waals surface area contributed by atoms with Gasteiger partial charge in [-0.2, -0.15) is 4.98 Å². The molecule has 0 fully saturated rings. The van der Waals surface area contributed by atoms with Crippen molar-refractivity contribution >= 4 is 11.8 Å². The zero-order valence-corrected chi connectivity index (χ0v) is 16.3. The van der Waals surface area contributed by atoms with Gasteiger partial charge in [0.05, 0.1) is 10.9 Å². The standard InChI is InChI=1S/C17H28N4OS/c1-10(2)9-21-12(4)11(3)18-16(21)23-13(5)14-19-15(20-22-14)17(6,7)8/h10,13H,9H2,1-8H3. The van der Waals surface area contributed by atoms with E-state index < -0.39 is 0 Å². The maximum atomic E-state index is 5.46. The van der Waals surface area contributed by atoms with Gasteiger partial charge in [0.2, 0.25) is 5.89 Å². The van der Waals surface area contributed by atoms with Crippen LogP contribution in [-0.4, -0.2) is 19.7 Å². The molecule has 0 aliphatic rings. The lowest BCUT2D eigenvalue weighted by molar-refractivity contribution is 0.364. The van der Waals surface area contributed by atoms with Crippen molar-refractivity contribution in [1.82, 2.24) is 19.7 Å². The van der Waals surface area contributed by atoms with Crippen molar-refractivity contribution in [2.24, 2.45) is 5.92 Å². The molecule has 0 radical (unpaired) electrons. The van der Waals surface area contributed by atoms with Crippen LogP contribution in [0.3, 0.4) is 0 Å². The molecular weight excluding hydrogens is 308 g/mol. The average Bonchev–Trinajstić information content (AvgIpc) is 3.00. The molecule has 0 saturated carbocycles. The molecule has 1 atom stereocenters. The normalized spacial score (nSPS) is 13.8. The van der Waals surface area contributed by atoms with Crippen molar-refractivity contribution in [2.75, 3.05) is 0 Å². The monoisotopic (exact) mass is 336 g/mol.